The minimum Gasteiger partial charge on any atom is -0.506 e. The maximum Gasteiger partial charge on any atom is 0.344 e. The van der Waals surface area contributed by atoms with Crippen molar-refractivity contribution >= 4 is 29.4 Å². The lowest BCUT2D eigenvalue weighted by Gasteiger charge is -2.31. The molecule has 2 aromatic carbocycles. The summed E-state index contributed by atoms with van der Waals surface area (Å²) < 4.78 is 0. The van der Waals surface area contributed by atoms with E-state index in [4.69, 9.17) is 0 Å². The second-order valence-electron chi connectivity index (χ2n) is 9.48. The molecule has 190 valence electrons. The van der Waals surface area contributed by atoms with Gasteiger partial charge < -0.3 is 15.7 Å². The average Bonchev–Trinajstić information content (AvgIpc) is 3.08. The van der Waals surface area contributed by atoms with Crippen LogP contribution in [0.4, 0.5) is 10.5 Å². The third kappa shape index (κ3) is 5.83. The van der Waals surface area contributed by atoms with Crippen LogP contribution in [0.2, 0.25) is 0 Å². The highest BCUT2D eigenvalue weighted by Gasteiger charge is 2.48. The van der Waals surface area contributed by atoms with Gasteiger partial charge in [-0.1, -0.05) is 42.5 Å². The molecule has 0 saturated carbocycles. The zero-order valence-corrected chi connectivity index (χ0v) is 20.2. The van der Waals surface area contributed by atoms with Crippen LogP contribution < -0.4 is 16.1 Å². The molecule has 4 N–H and O–H groups in total. The van der Waals surface area contributed by atoms with Gasteiger partial charge in [0.15, 0.2) is 0 Å². The number of imide groups is 1. The van der Waals surface area contributed by atoms with Crippen molar-refractivity contribution in [1.82, 2.24) is 20.7 Å². The van der Waals surface area contributed by atoms with E-state index in [1.807, 2.05) is 35.2 Å². The van der Waals surface area contributed by atoms with E-state index in [1.165, 1.54) is 6.07 Å². The van der Waals surface area contributed by atoms with Crippen molar-refractivity contribution in [2.24, 2.45) is 5.92 Å². The van der Waals surface area contributed by atoms with Crippen molar-refractivity contribution in [3.63, 3.8) is 0 Å². The van der Waals surface area contributed by atoms with Gasteiger partial charge in [0.25, 0.3) is 11.8 Å². The number of likely N-dealkylation sites (tertiary alicyclic amines) is 1. The number of carbonyl (C=O) groups is 4. The van der Waals surface area contributed by atoms with Crippen LogP contribution in [0.25, 0.3) is 0 Å². The Morgan fingerprint density at radius 1 is 1.06 bits per heavy atom. The standard InChI is InChI=1S/C26H31N5O5/c1-26(14-11-18-7-3-2-4-8-18)24(35)31(25(36)28-26)29-22(33)17-30-15-12-19(13-16-30)23(34)27-20-9-5-6-10-21(20)32/h2-10,19,32H,11-17H2,1H3,(H,27,34)(H,28,36)(H,29,33)/t26-/m0/s1. The summed E-state index contributed by atoms with van der Waals surface area (Å²) in [4.78, 5) is 52.4. The first-order valence-corrected chi connectivity index (χ1v) is 12.1. The van der Waals surface area contributed by atoms with Crippen molar-refractivity contribution in [2.45, 2.75) is 38.1 Å². The number of aromatic hydroxyl groups is 1. The SMILES string of the molecule is C[C@@]1(CCc2ccccc2)NC(=O)N(NC(=O)CN2CCC(C(=O)Nc3ccccc3O)CC2)C1=O. The zero-order chi connectivity index (χ0) is 25.7. The van der Waals surface area contributed by atoms with Crippen LogP contribution in [0.15, 0.2) is 54.6 Å². The molecule has 10 heteroatoms. The fourth-order valence-electron chi connectivity index (χ4n) is 4.52. The largest absolute Gasteiger partial charge is 0.506 e. The van der Waals surface area contributed by atoms with E-state index in [0.29, 0.717) is 44.5 Å². The first-order valence-electron chi connectivity index (χ1n) is 12.1. The Morgan fingerprint density at radius 2 is 1.72 bits per heavy atom. The lowest BCUT2D eigenvalue weighted by atomic mass is 9.93. The Balaban J connectivity index is 1.23. The second-order valence-corrected chi connectivity index (χ2v) is 9.48. The minimum absolute atomic E-state index is 0.00556. The highest BCUT2D eigenvalue weighted by atomic mass is 16.3. The summed E-state index contributed by atoms with van der Waals surface area (Å²) in [6, 6.07) is 15.6. The number of hydrazine groups is 1. The number of hydrogen-bond acceptors (Lipinski definition) is 6. The number of piperidine rings is 1. The Hall–Kier alpha value is -3.92. The molecule has 5 amide bonds. The zero-order valence-electron chi connectivity index (χ0n) is 20.2. The summed E-state index contributed by atoms with van der Waals surface area (Å²) in [5.74, 6) is -1.36. The van der Waals surface area contributed by atoms with E-state index in [2.05, 4.69) is 16.1 Å². The lowest BCUT2D eigenvalue weighted by molar-refractivity contribution is -0.139. The van der Waals surface area contributed by atoms with Gasteiger partial charge in [0.1, 0.15) is 11.3 Å². The summed E-state index contributed by atoms with van der Waals surface area (Å²) in [5.41, 5.74) is 2.76. The van der Waals surface area contributed by atoms with Crippen molar-refractivity contribution in [3.8, 4) is 5.75 Å². The second kappa shape index (κ2) is 10.8. The van der Waals surface area contributed by atoms with E-state index in [9.17, 15) is 24.3 Å². The van der Waals surface area contributed by atoms with Crippen LogP contribution in [-0.2, 0) is 20.8 Å². The molecular weight excluding hydrogens is 462 g/mol. The molecule has 0 aromatic heterocycles. The number of nitrogens with one attached hydrogen (secondary N) is 3. The van der Waals surface area contributed by atoms with Crippen molar-refractivity contribution in [1.29, 1.82) is 0 Å². The number of hydrogen-bond donors (Lipinski definition) is 4. The topological polar surface area (TPSA) is 131 Å². The van der Waals surface area contributed by atoms with Crippen molar-refractivity contribution in [2.75, 3.05) is 25.0 Å². The maximum absolute atomic E-state index is 12.9. The molecule has 2 aromatic rings. The number of urea groups is 1. The number of anilines is 1. The highest BCUT2D eigenvalue weighted by molar-refractivity contribution is 6.07. The molecule has 2 aliphatic heterocycles. The number of nitrogens with zero attached hydrogens (tertiary/aromatic N) is 2. The van der Waals surface area contributed by atoms with E-state index >= 15 is 0 Å². The van der Waals surface area contributed by atoms with Gasteiger partial charge in [-0.25, -0.2) is 4.79 Å². The Morgan fingerprint density at radius 3 is 2.42 bits per heavy atom. The summed E-state index contributed by atoms with van der Waals surface area (Å²) in [7, 11) is 0. The molecule has 10 nitrogen and oxygen atoms in total. The molecule has 0 unspecified atom stereocenters. The molecule has 2 saturated heterocycles. The number of phenols is 1. The van der Waals surface area contributed by atoms with Crippen LogP contribution in [0.3, 0.4) is 0 Å². The maximum atomic E-state index is 12.9. The molecular formula is C26H31N5O5. The van der Waals surface area contributed by atoms with E-state index < -0.39 is 23.4 Å². The van der Waals surface area contributed by atoms with E-state index in [1.54, 1.807) is 25.1 Å². The van der Waals surface area contributed by atoms with Gasteiger partial charge in [-0.15, -0.1) is 0 Å². The smallest absolute Gasteiger partial charge is 0.344 e. The van der Waals surface area contributed by atoms with Gasteiger partial charge in [0.05, 0.1) is 12.2 Å². The summed E-state index contributed by atoms with van der Waals surface area (Å²) in [5, 5.41) is 16.1. The Bertz CT molecular complexity index is 1130. The number of aryl methyl sites for hydroxylation is 1. The van der Waals surface area contributed by atoms with Crippen molar-refractivity contribution < 1.29 is 24.3 Å². The number of para-hydroxylation sites is 2. The fourth-order valence-corrected chi connectivity index (χ4v) is 4.52. The number of phenolic OH excluding ortho intramolecular Hbond substituents is 1. The molecule has 2 aliphatic rings. The molecule has 2 fully saturated rings. The predicted octanol–water partition coefficient (Wildman–Crippen LogP) is 2.02. The fraction of sp³-hybridized carbons (Fsp3) is 0.385. The van der Waals surface area contributed by atoms with Gasteiger partial charge >= 0.3 is 6.03 Å². The third-order valence-electron chi connectivity index (χ3n) is 6.74. The van der Waals surface area contributed by atoms with E-state index in [-0.39, 0.29) is 24.1 Å². The molecule has 4 rings (SSSR count). The number of carbonyl (C=O) groups excluding carboxylic acids is 4. The molecule has 1 atom stereocenters. The van der Waals surface area contributed by atoms with Gasteiger partial charge in [-0.3, -0.25) is 24.7 Å². The lowest BCUT2D eigenvalue weighted by Crippen LogP contribution is -2.52. The molecule has 36 heavy (non-hydrogen) atoms. The van der Waals surface area contributed by atoms with Crippen LogP contribution in [0.5, 0.6) is 5.75 Å². The molecule has 0 aliphatic carbocycles. The number of amides is 5. The summed E-state index contributed by atoms with van der Waals surface area (Å²) >= 11 is 0. The average molecular weight is 494 g/mol. The van der Waals surface area contributed by atoms with Crippen LogP contribution in [0, 0.1) is 5.92 Å². The first-order chi connectivity index (χ1) is 17.2. The van der Waals surface area contributed by atoms with Crippen LogP contribution in [0.1, 0.15) is 31.7 Å². The monoisotopic (exact) mass is 493 g/mol. The normalized spacial score (nSPS) is 20.8. The third-order valence-corrected chi connectivity index (χ3v) is 6.74. The van der Waals surface area contributed by atoms with Crippen LogP contribution >= 0.6 is 0 Å². The Kier molecular flexibility index (Phi) is 7.54. The summed E-state index contributed by atoms with van der Waals surface area (Å²) in [6.45, 7) is 2.70. The number of rotatable bonds is 8. The van der Waals surface area contributed by atoms with Gasteiger partial charge in [-0.2, -0.15) is 5.01 Å². The molecule has 0 radical (unpaired) electrons. The highest BCUT2D eigenvalue weighted by Crippen LogP contribution is 2.25. The van der Waals surface area contributed by atoms with Gasteiger partial charge in [0.2, 0.25) is 5.91 Å². The minimum atomic E-state index is -1.10. The van der Waals surface area contributed by atoms with Gasteiger partial charge in [0, 0.05) is 5.92 Å². The Labute approximate surface area is 209 Å². The quantitative estimate of drug-likeness (QED) is 0.329. The summed E-state index contributed by atoms with van der Waals surface area (Å²) in [6.07, 6.45) is 2.11. The first kappa shape index (κ1) is 25.2. The number of benzene rings is 2. The molecule has 0 bridgehead atoms. The van der Waals surface area contributed by atoms with Gasteiger partial charge in [-0.05, 0) is 63.4 Å². The van der Waals surface area contributed by atoms with Crippen molar-refractivity contribution in [3.05, 3.63) is 60.2 Å². The van der Waals surface area contributed by atoms with Crippen LogP contribution in [-0.4, -0.2) is 63.9 Å². The molecule has 2 heterocycles. The predicted molar refractivity (Wildman–Crippen MR) is 133 cm³/mol. The van der Waals surface area contributed by atoms with E-state index in [0.717, 1.165) is 10.6 Å². The molecule has 0 spiro atoms.